The number of nitrogens with zero attached hydrogens (tertiary/aromatic N) is 4. The lowest BCUT2D eigenvalue weighted by Crippen LogP contribution is -2.43. The Bertz CT molecular complexity index is 1150. The molecule has 0 saturated heterocycles. The van der Waals surface area contributed by atoms with E-state index in [2.05, 4.69) is 10.2 Å². The number of hydrogen-bond acceptors (Lipinski definition) is 8. The Morgan fingerprint density at radius 1 is 0.833 bits per heavy atom. The molecule has 4 rings (SSSR count). The number of aromatic nitrogens is 4. The van der Waals surface area contributed by atoms with Crippen molar-refractivity contribution in [3.63, 3.8) is 0 Å². The van der Waals surface area contributed by atoms with Gasteiger partial charge in [-0.2, -0.15) is 0 Å². The first-order chi connectivity index (χ1) is 14.5. The maximum atomic E-state index is 10.7. The van der Waals surface area contributed by atoms with Crippen LogP contribution in [0, 0.1) is 0 Å². The summed E-state index contributed by atoms with van der Waals surface area (Å²) in [7, 11) is 0. The predicted molar refractivity (Wildman–Crippen MR) is 108 cm³/mol. The summed E-state index contributed by atoms with van der Waals surface area (Å²) in [6.45, 7) is -0.764. The molecule has 5 N–H and O–H groups in total. The molecule has 0 amide bonds. The maximum absolute atomic E-state index is 10.7. The average Bonchev–Trinajstić information content (AvgIpc) is 3.23. The molecule has 0 bridgehead atoms. The highest BCUT2D eigenvalue weighted by Crippen LogP contribution is 2.25. The fourth-order valence-electron chi connectivity index (χ4n) is 3.44. The fourth-order valence-corrected chi connectivity index (χ4v) is 3.44. The van der Waals surface area contributed by atoms with Gasteiger partial charge < -0.3 is 25.5 Å². The van der Waals surface area contributed by atoms with Gasteiger partial charge in [-0.15, -0.1) is 10.2 Å². The summed E-state index contributed by atoms with van der Waals surface area (Å²) in [5.41, 5.74) is 3.34. The van der Waals surface area contributed by atoms with E-state index in [0.29, 0.717) is 28.8 Å². The van der Waals surface area contributed by atoms with Crippen LogP contribution >= 0.6 is 0 Å². The standard InChI is InChI=1S/C21H22N4O5/c26-11-16(27)17(28)18(29)19(30)21-24-23-20-14(10-12-6-2-1-3-7-12)22-13-8-4-5-9-15(13)25(20)21/h1-9,16-19,26-30H,10-11H2/t16-,17-,18+,19?/m1/s1. The van der Waals surface area contributed by atoms with Gasteiger partial charge in [0.05, 0.1) is 23.3 Å². The minimum Gasteiger partial charge on any atom is -0.394 e. The van der Waals surface area contributed by atoms with Crippen molar-refractivity contribution in [3.8, 4) is 0 Å². The van der Waals surface area contributed by atoms with Gasteiger partial charge in [0, 0.05) is 6.42 Å². The van der Waals surface area contributed by atoms with Crippen LogP contribution in [0.25, 0.3) is 16.7 Å². The smallest absolute Gasteiger partial charge is 0.183 e. The minimum atomic E-state index is -1.79. The van der Waals surface area contributed by atoms with Crippen LogP contribution in [0.5, 0.6) is 0 Å². The van der Waals surface area contributed by atoms with Crippen molar-refractivity contribution in [1.29, 1.82) is 0 Å². The summed E-state index contributed by atoms with van der Waals surface area (Å²) in [4.78, 5) is 4.70. The first-order valence-electron chi connectivity index (χ1n) is 9.51. The first kappa shape index (κ1) is 20.3. The van der Waals surface area contributed by atoms with Crippen LogP contribution in [-0.2, 0) is 6.42 Å². The number of rotatable bonds is 7. The average molecular weight is 410 g/mol. The van der Waals surface area contributed by atoms with E-state index in [0.717, 1.165) is 5.56 Å². The van der Waals surface area contributed by atoms with Crippen LogP contribution < -0.4 is 0 Å². The van der Waals surface area contributed by atoms with Crippen LogP contribution in [0.3, 0.4) is 0 Å². The highest BCUT2D eigenvalue weighted by molar-refractivity contribution is 5.78. The van der Waals surface area contributed by atoms with Crippen LogP contribution in [0.1, 0.15) is 23.2 Å². The molecule has 0 aliphatic heterocycles. The molecule has 4 aromatic rings. The molecule has 0 saturated carbocycles. The molecule has 2 aromatic heterocycles. The fraction of sp³-hybridized carbons (Fsp3) is 0.286. The van der Waals surface area contributed by atoms with E-state index in [1.807, 2.05) is 42.5 Å². The van der Waals surface area contributed by atoms with Crippen LogP contribution in [0.15, 0.2) is 54.6 Å². The molecule has 30 heavy (non-hydrogen) atoms. The minimum absolute atomic E-state index is 0.00500. The molecule has 2 aromatic carbocycles. The molecular weight excluding hydrogens is 388 g/mol. The van der Waals surface area contributed by atoms with Gasteiger partial charge in [-0.1, -0.05) is 42.5 Å². The number of benzene rings is 2. The Labute approximate surface area is 171 Å². The van der Waals surface area contributed by atoms with E-state index >= 15 is 0 Å². The van der Waals surface area contributed by atoms with E-state index in [-0.39, 0.29) is 5.82 Å². The van der Waals surface area contributed by atoms with Gasteiger partial charge >= 0.3 is 0 Å². The third kappa shape index (κ3) is 3.64. The van der Waals surface area contributed by atoms with Crippen LogP contribution in [0.4, 0.5) is 0 Å². The highest BCUT2D eigenvalue weighted by Gasteiger charge is 2.34. The molecule has 9 heteroatoms. The zero-order valence-corrected chi connectivity index (χ0v) is 15.9. The van der Waals surface area contributed by atoms with Gasteiger partial charge in [-0.3, -0.25) is 4.40 Å². The Kier molecular flexibility index (Phi) is 5.71. The number of hydrogen-bond donors (Lipinski definition) is 5. The summed E-state index contributed by atoms with van der Waals surface area (Å²) < 4.78 is 1.59. The molecule has 2 heterocycles. The van der Waals surface area contributed by atoms with Crippen LogP contribution in [0.2, 0.25) is 0 Å². The summed E-state index contributed by atoms with van der Waals surface area (Å²) in [5, 5.41) is 57.9. The Morgan fingerprint density at radius 3 is 2.27 bits per heavy atom. The SMILES string of the molecule is OC[C@@H](O)[C@@H](O)[C@H](O)C(O)c1nnc2c(Cc3ccccc3)nc3ccccc3n12. The lowest BCUT2D eigenvalue weighted by molar-refractivity contribution is -0.118. The van der Waals surface area contributed by atoms with E-state index in [9.17, 15) is 20.4 Å². The molecule has 4 atom stereocenters. The second kappa shape index (κ2) is 8.42. The summed E-state index contributed by atoms with van der Waals surface area (Å²) in [6.07, 6.45) is -6.34. The predicted octanol–water partition coefficient (Wildman–Crippen LogP) is -0.0233. The van der Waals surface area contributed by atoms with Gasteiger partial charge in [0.1, 0.15) is 24.4 Å². The van der Waals surface area contributed by atoms with Crippen molar-refractivity contribution < 1.29 is 25.5 Å². The van der Waals surface area contributed by atoms with Crippen molar-refractivity contribution in [2.24, 2.45) is 0 Å². The Morgan fingerprint density at radius 2 is 1.53 bits per heavy atom. The van der Waals surface area contributed by atoms with Crippen molar-refractivity contribution in [1.82, 2.24) is 19.6 Å². The van der Waals surface area contributed by atoms with Gasteiger partial charge in [-0.25, -0.2) is 4.98 Å². The maximum Gasteiger partial charge on any atom is 0.183 e. The lowest BCUT2D eigenvalue weighted by Gasteiger charge is -2.24. The van der Waals surface area contributed by atoms with Crippen molar-refractivity contribution in [2.75, 3.05) is 6.61 Å². The molecule has 0 aliphatic carbocycles. The van der Waals surface area contributed by atoms with E-state index < -0.39 is 31.0 Å². The van der Waals surface area contributed by atoms with Gasteiger partial charge in [0.25, 0.3) is 0 Å². The molecular formula is C21H22N4O5. The van der Waals surface area contributed by atoms with Crippen molar-refractivity contribution in [3.05, 3.63) is 71.7 Å². The quantitative estimate of drug-likeness (QED) is 0.286. The normalized spacial score (nSPS) is 15.9. The third-order valence-corrected chi connectivity index (χ3v) is 5.06. The van der Waals surface area contributed by atoms with E-state index in [1.54, 1.807) is 16.5 Å². The van der Waals surface area contributed by atoms with Gasteiger partial charge in [-0.05, 0) is 17.7 Å². The molecule has 1 unspecified atom stereocenters. The van der Waals surface area contributed by atoms with Gasteiger partial charge in [0.15, 0.2) is 11.5 Å². The Hall–Kier alpha value is -2.95. The highest BCUT2D eigenvalue weighted by atomic mass is 16.4. The number of aliphatic hydroxyl groups excluding tert-OH is 5. The molecule has 0 spiro atoms. The monoisotopic (exact) mass is 410 g/mol. The summed E-state index contributed by atoms with van der Waals surface area (Å²) >= 11 is 0. The van der Waals surface area contributed by atoms with E-state index in [4.69, 9.17) is 10.1 Å². The molecule has 9 nitrogen and oxygen atoms in total. The van der Waals surface area contributed by atoms with Crippen molar-refractivity contribution in [2.45, 2.75) is 30.8 Å². The number of aliphatic hydroxyl groups is 5. The number of para-hydroxylation sites is 2. The zero-order chi connectivity index (χ0) is 21.3. The summed E-state index contributed by atoms with van der Waals surface area (Å²) in [6, 6.07) is 17.0. The summed E-state index contributed by atoms with van der Waals surface area (Å²) in [5.74, 6) is -0.00500. The first-order valence-corrected chi connectivity index (χ1v) is 9.51. The zero-order valence-electron chi connectivity index (χ0n) is 15.9. The van der Waals surface area contributed by atoms with Gasteiger partial charge in [0.2, 0.25) is 0 Å². The van der Waals surface area contributed by atoms with Crippen molar-refractivity contribution >= 4 is 16.7 Å². The number of fused-ring (bicyclic) bond motifs is 3. The molecule has 0 radical (unpaired) electrons. The largest absolute Gasteiger partial charge is 0.394 e. The Balaban J connectivity index is 1.84. The second-order valence-corrected chi connectivity index (χ2v) is 7.10. The topological polar surface area (TPSA) is 144 Å². The second-order valence-electron chi connectivity index (χ2n) is 7.10. The molecule has 156 valence electrons. The molecule has 0 aliphatic rings. The van der Waals surface area contributed by atoms with E-state index in [1.165, 1.54) is 0 Å². The third-order valence-electron chi connectivity index (χ3n) is 5.06. The lowest BCUT2D eigenvalue weighted by atomic mass is 10.0. The van der Waals surface area contributed by atoms with Crippen LogP contribution in [-0.4, -0.2) is 70.0 Å². The molecule has 0 fully saturated rings.